The number of hydrogen-bond donors (Lipinski definition) is 2. The average molecular weight is 391 g/mol. The van der Waals surface area contributed by atoms with Gasteiger partial charge in [-0.3, -0.25) is 9.78 Å². The average Bonchev–Trinajstić information content (AvgIpc) is 2.92. The van der Waals surface area contributed by atoms with Crippen LogP contribution in [0.3, 0.4) is 0 Å². The van der Waals surface area contributed by atoms with Crippen LogP contribution in [0.25, 0.3) is 0 Å². The number of sulfonamides is 1. The van der Waals surface area contributed by atoms with Crippen LogP contribution in [0.1, 0.15) is 18.5 Å². The number of carbonyl (C=O) groups is 1. The smallest absolute Gasteiger partial charge is 0.240 e. The number of amides is 1. The molecule has 8 nitrogen and oxygen atoms in total. The lowest BCUT2D eigenvalue weighted by Crippen LogP contribution is -2.30. The number of aromatic nitrogens is 1. The van der Waals surface area contributed by atoms with E-state index in [9.17, 15) is 13.2 Å². The van der Waals surface area contributed by atoms with E-state index >= 15 is 0 Å². The van der Waals surface area contributed by atoms with Gasteiger partial charge in [0.05, 0.1) is 30.3 Å². The lowest BCUT2D eigenvalue weighted by Gasteiger charge is -2.11. The number of fused-ring (bicyclic) bond motifs is 1. The Morgan fingerprint density at radius 2 is 1.93 bits per heavy atom. The van der Waals surface area contributed by atoms with E-state index in [0.717, 1.165) is 12.1 Å². The second-order valence-corrected chi connectivity index (χ2v) is 7.67. The van der Waals surface area contributed by atoms with Crippen LogP contribution in [-0.2, 0) is 21.4 Å². The number of rotatable bonds is 7. The molecule has 0 radical (unpaired) electrons. The first-order chi connectivity index (χ1) is 13.0. The number of pyridine rings is 1. The van der Waals surface area contributed by atoms with Gasteiger partial charge in [-0.2, -0.15) is 0 Å². The van der Waals surface area contributed by atoms with Crippen molar-refractivity contribution in [3.8, 4) is 11.5 Å². The van der Waals surface area contributed by atoms with Crippen LogP contribution in [0.2, 0.25) is 0 Å². The predicted octanol–water partition coefficient (Wildman–Crippen LogP) is 1.23. The Kier molecular flexibility index (Phi) is 6.25. The zero-order valence-corrected chi connectivity index (χ0v) is 15.5. The van der Waals surface area contributed by atoms with Gasteiger partial charge in [0.15, 0.2) is 11.5 Å². The van der Waals surface area contributed by atoms with Crippen LogP contribution in [0.15, 0.2) is 47.5 Å². The molecule has 27 heavy (non-hydrogen) atoms. The second-order valence-electron chi connectivity index (χ2n) is 5.90. The third-order valence-electron chi connectivity index (χ3n) is 3.87. The molecule has 0 bridgehead atoms. The number of nitrogens with zero attached hydrogens (tertiary/aromatic N) is 1. The molecule has 0 spiro atoms. The molecule has 0 fully saturated rings. The van der Waals surface area contributed by atoms with Gasteiger partial charge < -0.3 is 14.8 Å². The van der Waals surface area contributed by atoms with Crippen molar-refractivity contribution in [2.24, 2.45) is 0 Å². The van der Waals surface area contributed by atoms with Crippen molar-refractivity contribution in [1.82, 2.24) is 15.0 Å². The lowest BCUT2D eigenvalue weighted by atomic mass is 10.3. The summed E-state index contributed by atoms with van der Waals surface area (Å²) < 4.78 is 38.3. The standard InChI is InChI=1S/C18H21N3O5S/c22-18(20-13-14-4-1-2-8-19-14)7-9-21-27(23,24)15-5-6-16-17(12-15)26-11-3-10-25-16/h1-2,4-6,8,12,21H,3,7,9-11,13H2,(H,20,22). The molecule has 2 aromatic rings. The fourth-order valence-electron chi connectivity index (χ4n) is 2.47. The predicted molar refractivity (Wildman–Crippen MR) is 97.9 cm³/mol. The molecule has 3 rings (SSSR count). The van der Waals surface area contributed by atoms with Crippen LogP contribution < -0.4 is 19.5 Å². The molecule has 0 saturated carbocycles. The Morgan fingerprint density at radius 3 is 2.70 bits per heavy atom. The van der Waals surface area contributed by atoms with Crippen molar-refractivity contribution >= 4 is 15.9 Å². The number of nitrogens with one attached hydrogen (secondary N) is 2. The number of carbonyl (C=O) groups excluding carboxylic acids is 1. The Morgan fingerprint density at radius 1 is 1.11 bits per heavy atom. The second kappa shape index (κ2) is 8.83. The van der Waals surface area contributed by atoms with E-state index < -0.39 is 10.0 Å². The fraction of sp³-hybridized carbons (Fsp3) is 0.333. The van der Waals surface area contributed by atoms with Crippen molar-refractivity contribution < 1.29 is 22.7 Å². The van der Waals surface area contributed by atoms with Crippen molar-refractivity contribution in [3.63, 3.8) is 0 Å². The molecule has 144 valence electrons. The highest BCUT2D eigenvalue weighted by Crippen LogP contribution is 2.31. The first kappa shape index (κ1) is 19.1. The Hall–Kier alpha value is -2.65. The Labute approximate surface area is 158 Å². The molecule has 2 N–H and O–H groups in total. The highest BCUT2D eigenvalue weighted by Gasteiger charge is 2.18. The molecular formula is C18H21N3O5S. The van der Waals surface area contributed by atoms with Gasteiger partial charge in [-0.05, 0) is 24.3 Å². The van der Waals surface area contributed by atoms with Gasteiger partial charge in [-0.15, -0.1) is 0 Å². The molecule has 0 atom stereocenters. The van der Waals surface area contributed by atoms with Crippen LogP contribution in [-0.4, -0.2) is 39.1 Å². The van der Waals surface area contributed by atoms with Gasteiger partial charge in [-0.1, -0.05) is 6.07 Å². The molecule has 1 aliphatic rings. The van der Waals surface area contributed by atoms with Crippen LogP contribution in [0.5, 0.6) is 11.5 Å². The maximum absolute atomic E-state index is 12.4. The molecule has 1 aromatic heterocycles. The van der Waals surface area contributed by atoms with E-state index in [1.54, 1.807) is 24.4 Å². The van der Waals surface area contributed by atoms with E-state index in [-0.39, 0.29) is 23.8 Å². The molecule has 0 saturated heterocycles. The molecule has 9 heteroatoms. The van der Waals surface area contributed by atoms with Crippen LogP contribution in [0, 0.1) is 0 Å². The van der Waals surface area contributed by atoms with E-state index in [1.807, 2.05) is 6.07 Å². The number of ether oxygens (including phenoxy) is 2. The Balaban J connectivity index is 1.51. The minimum absolute atomic E-state index is 0.00910. The summed E-state index contributed by atoms with van der Waals surface area (Å²) >= 11 is 0. The van der Waals surface area contributed by atoms with Crippen LogP contribution in [0.4, 0.5) is 0 Å². The molecule has 1 aromatic carbocycles. The SMILES string of the molecule is O=C(CCNS(=O)(=O)c1ccc2c(c1)OCCCO2)NCc1ccccn1. The molecule has 1 amide bonds. The Bertz CT molecular complexity index is 887. The highest BCUT2D eigenvalue weighted by molar-refractivity contribution is 7.89. The highest BCUT2D eigenvalue weighted by atomic mass is 32.2. The third-order valence-corrected chi connectivity index (χ3v) is 5.32. The summed E-state index contributed by atoms with van der Waals surface area (Å²) in [7, 11) is -3.75. The van der Waals surface area contributed by atoms with Gasteiger partial charge >= 0.3 is 0 Å². The summed E-state index contributed by atoms with van der Waals surface area (Å²) in [4.78, 5) is 16.0. The first-order valence-electron chi connectivity index (χ1n) is 8.60. The third kappa shape index (κ3) is 5.41. The van der Waals surface area contributed by atoms with Crippen molar-refractivity contribution in [3.05, 3.63) is 48.3 Å². The summed E-state index contributed by atoms with van der Waals surface area (Å²) in [5, 5.41) is 2.70. The van der Waals surface area contributed by atoms with Crippen molar-refractivity contribution in [2.75, 3.05) is 19.8 Å². The molecule has 0 unspecified atom stereocenters. The molecule has 0 aliphatic carbocycles. The van der Waals surface area contributed by atoms with E-state index in [4.69, 9.17) is 9.47 Å². The topological polar surface area (TPSA) is 107 Å². The summed E-state index contributed by atoms with van der Waals surface area (Å²) in [6.45, 7) is 1.30. The fourth-order valence-corrected chi connectivity index (χ4v) is 3.52. The zero-order valence-electron chi connectivity index (χ0n) is 14.7. The maximum Gasteiger partial charge on any atom is 0.240 e. The number of benzene rings is 1. The quantitative estimate of drug-likeness (QED) is 0.735. The molecular weight excluding hydrogens is 370 g/mol. The molecule has 1 aliphatic heterocycles. The minimum atomic E-state index is -3.75. The van der Waals surface area contributed by atoms with Gasteiger partial charge in [0, 0.05) is 31.6 Å². The van der Waals surface area contributed by atoms with E-state index in [0.29, 0.717) is 31.3 Å². The van der Waals surface area contributed by atoms with E-state index in [1.165, 1.54) is 12.1 Å². The van der Waals surface area contributed by atoms with Gasteiger partial charge in [0.25, 0.3) is 0 Å². The monoisotopic (exact) mass is 391 g/mol. The van der Waals surface area contributed by atoms with Crippen molar-refractivity contribution in [1.29, 1.82) is 0 Å². The van der Waals surface area contributed by atoms with Gasteiger partial charge in [-0.25, -0.2) is 13.1 Å². The normalized spacial score (nSPS) is 13.6. The van der Waals surface area contributed by atoms with E-state index in [2.05, 4.69) is 15.0 Å². The van der Waals surface area contributed by atoms with Crippen molar-refractivity contribution in [2.45, 2.75) is 24.3 Å². The number of hydrogen-bond acceptors (Lipinski definition) is 6. The first-order valence-corrected chi connectivity index (χ1v) is 10.1. The summed E-state index contributed by atoms with van der Waals surface area (Å²) in [5.41, 5.74) is 0.735. The van der Waals surface area contributed by atoms with Crippen LogP contribution >= 0.6 is 0 Å². The largest absolute Gasteiger partial charge is 0.490 e. The maximum atomic E-state index is 12.4. The minimum Gasteiger partial charge on any atom is -0.490 e. The lowest BCUT2D eigenvalue weighted by molar-refractivity contribution is -0.121. The van der Waals surface area contributed by atoms with Gasteiger partial charge in [0.2, 0.25) is 15.9 Å². The zero-order chi connectivity index (χ0) is 19.1. The van der Waals surface area contributed by atoms with Gasteiger partial charge in [0.1, 0.15) is 0 Å². The summed E-state index contributed by atoms with van der Waals surface area (Å²) in [5.74, 6) is 0.672. The molecule has 2 heterocycles. The summed E-state index contributed by atoms with van der Waals surface area (Å²) in [6, 6.07) is 9.89. The summed E-state index contributed by atoms with van der Waals surface area (Å²) in [6.07, 6.45) is 2.41.